The molecule has 0 saturated carbocycles. The van der Waals surface area contributed by atoms with Gasteiger partial charge in [0.2, 0.25) is 15.9 Å². The van der Waals surface area contributed by atoms with Gasteiger partial charge in [0.25, 0.3) is 0 Å². The van der Waals surface area contributed by atoms with Crippen molar-refractivity contribution < 1.29 is 13.2 Å². The molecule has 1 heterocycles. The van der Waals surface area contributed by atoms with Gasteiger partial charge in [-0.1, -0.05) is 6.92 Å². The Morgan fingerprint density at radius 3 is 2.30 bits per heavy atom. The standard InChI is InChI=1S/C15H23N3O3S.ClH/c1-2-11-22(20,21)18-14-5-3-13(4-6-14)17-15(19)12-7-9-16-10-8-12;/h3-6,12,16,18H,2,7-11H2,1H3,(H,17,19);1H. The summed E-state index contributed by atoms with van der Waals surface area (Å²) in [5.74, 6) is 0.172. The zero-order valence-corrected chi connectivity index (χ0v) is 14.8. The molecule has 0 bridgehead atoms. The molecule has 23 heavy (non-hydrogen) atoms. The van der Waals surface area contributed by atoms with Gasteiger partial charge in [-0.15, -0.1) is 12.4 Å². The first-order valence-corrected chi connectivity index (χ1v) is 9.27. The number of amides is 1. The molecule has 0 radical (unpaired) electrons. The molecule has 130 valence electrons. The number of sulfonamides is 1. The van der Waals surface area contributed by atoms with Gasteiger partial charge in [0.05, 0.1) is 5.75 Å². The molecule has 1 amide bonds. The Morgan fingerprint density at radius 1 is 1.17 bits per heavy atom. The average molecular weight is 362 g/mol. The van der Waals surface area contributed by atoms with Crippen molar-refractivity contribution in [3.05, 3.63) is 24.3 Å². The number of anilines is 2. The molecule has 1 aliphatic rings. The van der Waals surface area contributed by atoms with Crippen molar-refractivity contribution in [1.29, 1.82) is 0 Å². The van der Waals surface area contributed by atoms with E-state index in [1.165, 1.54) is 0 Å². The summed E-state index contributed by atoms with van der Waals surface area (Å²) in [6.07, 6.45) is 2.27. The lowest BCUT2D eigenvalue weighted by Crippen LogP contribution is -2.34. The predicted molar refractivity (Wildman–Crippen MR) is 95.6 cm³/mol. The van der Waals surface area contributed by atoms with Gasteiger partial charge in [-0.05, 0) is 56.6 Å². The summed E-state index contributed by atoms with van der Waals surface area (Å²) in [6.45, 7) is 3.56. The minimum atomic E-state index is -3.28. The molecule has 6 nitrogen and oxygen atoms in total. The van der Waals surface area contributed by atoms with E-state index in [1.807, 2.05) is 6.92 Å². The van der Waals surface area contributed by atoms with Gasteiger partial charge in [-0.25, -0.2) is 8.42 Å². The summed E-state index contributed by atoms with van der Waals surface area (Å²) in [5.41, 5.74) is 1.19. The van der Waals surface area contributed by atoms with Gasteiger partial charge < -0.3 is 10.6 Å². The minimum Gasteiger partial charge on any atom is -0.326 e. The third kappa shape index (κ3) is 6.37. The summed E-state index contributed by atoms with van der Waals surface area (Å²) >= 11 is 0. The molecule has 1 aromatic rings. The number of benzene rings is 1. The molecular weight excluding hydrogens is 338 g/mol. The number of piperidine rings is 1. The van der Waals surface area contributed by atoms with Crippen molar-refractivity contribution in [1.82, 2.24) is 5.32 Å². The fourth-order valence-electron chi connectivity index (χ4n) is 2.45. The van der Waals surface area contributed by atoms with E-state index in [1.54, 1.807) is 24.3 Å². The van der Waals surface area contributed by atoms with Crippen molar-refractivity contribution in [2.45, 2.75) is 26.2 Å². The fourth-order valence-corrected chi connectivity index (χ4v) is 3.58. The lowest BCUT2D eigenvalue weighted by molar-refractivity contribution is -0.120. The zero-order valence-electron chi connectivity index (χ0n) is 13.2. The van der Waals surface area contributed by atoms with E-state index in [0.717, 1.165) is 25.9 Å². The SMILES string of the molecule is CCCS(=O)(=O)Nc1ccc(NC(=O)C2CCNCC2)cc1.Cl. The number of rotatable bonds is 6. The van der Waals surface area contributed by atoms with Gasteiger partial charge in [-0.3, -0.25) is 9.52 Å². The van der Waals surface area contributed by atoms with Gasteiger partial charge in [0, 0.05) is 17.3 Å². The van der Waals surface area contributed by atoms with Crippen LogP contribution in [0.5, 0.6) is 0 Å². The number of halogens is 1. The van der Waals surface area contributed by atoms with Crippen LogP contribution in [0.1, 0.15) is 26.2 Å². The van der Waals surface area contributed by atoms with Crippen LogP contribution in [0.15, 0.2) is 24.3 Å². The second-order valence-electron chi connectivity index (χ2n) is 5.51. The van der Waals surface area contributed by atoms with Gasteiger partial charge in [-0.2, -0.15) is 0 Å². The molecule has 0 spiro atoms. The van der Waals surface area contributed by atoms with E-state index in [0.29, 0.717) is 17.8 Å². The van der Waals surface area contributed by atoms with Crippen LogP contribution < -0.4 is 15.4 Å². The number of hydrogen-bond donors (Lipinski definition) is 3. The van der Waals surface area contributed by atoms with E-state index < -0.39 is 10.0 Å². The maximum Gasteiger partial charge on any atom is 0.232 e. The highest BCUT2D eigenvalue weighted by Crippen LogP contribution is 2.18. The summed E-state index contributed by atoms with van der Waals surface area (Å²) < 4.78 is 25.9. The van der Waals surface area contributed by atoms with Crippen LogP contribution in [0, 0.1) is 5.92 Å². The monoisotopic (exact) mass is 361 g/mol. The van der Waals surface area contributed by atoms with Crippen molar-refractivity contribution in [3.63, 3.8) is 0 Å². The Hall–Kier alpha value is -1.31. The normalized spacial score (nSPS) is 15.5. The first-order chi connectivity index (χ1) is 10.5. The minimum absolute atomic E-state index is 0. The molecule has 1 saturated heterocycles. The lowest BCUT2D eigenvalue weighted by atomic mass is 9.97. The summed E-state index contributed by atoms with van der Waals surface area (Å²) in [7, 11) is -3.28. The van der Waals surface area contributed by atoms with Crippen molar-refractivity contribution in [2.75, 3.05) is 28.9 Å². The molecule has 0 aromatic heterocycles. The largest absolute Gasteiger partial charge is 0.326 e. The Morgan fingerprint density at radius 2 is 1.74 bits per heavy atom. The van der Waals surface area contributed by atoms with Crippen molar-refractivity contribution in [2.24, 2.45) is 5.92 Å². The van der Waals surface area contributed by atoms with E-state index in [9.17, 15) is 13.2 Å². The summed E-state index contributed by atoms with van der Waals surface area (Å²) in [5, 5.41) is 6.11. The zero-order chi connectivity index (χ0) is 16.0. The maximum absolute atomic E-state index is 12.1. The van der Waals surface area contributed by atoms with Gasteiger partial charge in [0.15, 0.2) is 0 Å². The Kier molecular flexibility index (Phi) is 7.81. The molecule has 1 fully saturated rings. The fraction of sp³-hybridized carbons (Fsp3) is 0.533. The van der Waals surface area contributed by atoms with Crippen LogP contribution in [0.4, 0.5) is 11.4 Å². The molecule has 1 aliphatic heterocycles. The summed E-state index contributed by atoms with van der Waals surface area (Å²) in [6, 6.07) is 6.74. The van der Waals surface area contributed by atoms with Crippen LogP contribution in [0.25, 0.3) is 0 Å². The second kappa shape index (κ2) is 9.10. The molecular formula is C15H24ClN3O3S. The van der Waals surface area contributed by atoms with E-state index in [2.05, 4.69) is 15.4 Å². The average Bonchev–Trinajstić information content (AvgIpc) is 2.49. The first-order valence-electron chi connectivity index (χ1n) is 7.62. The maximum atomic E-state index is 12.1. The topological polar surface area (TPSA) is 87.3 Å². The first kappa shape index (κ1) is 19.7. The molecule has 2 rings (SSSR count). The molecule has 3 N–H and O–H groups in total. The van der Waals surface area contributed by atoms with Crippen molar-refractivity contribution in [3.8, 4) is 0 Å². The number of carbonyl (C=O) groups excluding carboxylic acids is 1. The highest BCUT2D eigenvalue weighted by molar-refractivity contribution is 7.92. The Labute approximate surface area is 143 Å². The van der Waals surface area contributed by atoms with Crippen LogP contribution in [-0.4, -0.2) is 33.2 Å². The van der Waals surface area contributed by atoms with Crippen LogP contribution in [0.3, 0.4) is 0 Å². The van der Waals surface area contributed by atoms with E-state index in [-0.39, 0.29) is 30.0 Å². The molecule has 0 atom stereocenters. The van der Waals surface area contributed by atoms with Crippen LogP contribution in [-0.2, 0) is 14.8 Å². The van der Waals surface area contributed by atoms with Crippen LogP contribution in [0.2, 0.25) is 0 Å². The predicted octanol–water partition coefficient (Wildman–Crippen LogP) is 2.20. The van der Waals surface area contributed by atoms with Gasteiger partial charge in [0.1, 0.15) is 0 Å². The van der Waals surface area contributed by atoms with E-state index in [4.69, 9.17) is 0 Å². The molecule has 1 aromatic carbocycles. The highest BCUT2D eigenvalue weighted by Gasteiger charge is 2.20. The third-order valence-electron chi connectivity index (χ3n) is 3.61. The quantitative estimate of drug-likeness (QED) is 0.724. The number of nitrogens with one attached hydrogen (secondary N) is 3. The summed E-state index contributed by atoms with van der Waals surface area (Å²) in [4.78, 5) is 12.1. The second-order valence-corrected chi connectivity index (χ2v) is 7.35. The van der Waals surface area contributed by atoms with Gasteiger partial charge >= 0.3 is 0 Å². The number of hydrogen-bond acceptors (Lipinski definition) is 4. The number of carbonyl (C=O) groups is 1. The van der Waals surface area contributed by atoms with E-state index >= 15 is 0 Å². The lowest BCUT2D eigenvalue weighted by Gasteiger charge is -2.21. The Bertz CT molecular complexity index is 599. The smallest absolute Gasteiger partial charge is 0.232 e. The molecule has 0 aliphatic carbocycles. The Balaban J connectivity index is 0.00000264. The highest BCUT2D eigenvalue weighted by atomic mass is 35.5. The third-order valence-corrected chi connectivity index (χ3v) is 5.10. The van der Waals surface area contributed by atoms with Crippen LogP contribution >= 0.6 is 12.4 Å². The van der Waals surface area contributed by atoms with Crippen molar-refractivity contribution >= 4 is 39.7 Å². The molecule has 8 heteroatoms. The molecule has 0 unspecified atom stereocenters.